The predicted octanol–water partition coefficient (Wildman–Crippen LogP) is 3.46. The Morgan fingerprint density at radius 3 is 2.14 bits per heavy atom. The van der Waals surface area contributed by atoms with Gasteiger partial charge in [0.25, 0.3) is 0 Å². The van der Waals surface area contributed by atoms with E-state index >= 15 is 0 Å². The largest absolute Gasteiger partial charge is 0.411 e. The molecule has 3 N–H and O–H groups in total. The standard InChI is InChI=1S/C15H23F3N2O/c1-14(2,3)12-6-4-11(5-7-12)13(20-19)8-9-21-10-15(16,17)18/h4-7,13,20H,8-10,19H2,1-3H3. The van der Waals surface area contributed by atoms with E-state index in [1.165, 1.54) is 5.56 Å². The fourth-order valence-electron chi connectivity index (χ4n) is 1.95. The molecule has 0 aliphatic heterocycles. The highest BCUT2D eigenvalue weighted by molar-refractivity contribution is 5.29. The monoisotopic (exact) mass is 304 g/mol. The first-order valence-corrected chi connectivity index (χ1v) is 6.84. The van der Waals surface area contributed by atoms with Crippen LogP contribution in [0.25, 0.3) is 0 Å². The molecule has 0 spiro atoms. The number of benzene rings is 1. The van der Waals surface area contributed by atoms with Crippen LogP contribution in [0.3, 0.4) is 0 Å². The molecule has 6 heteroatoms. The van der Waals surface area contributed by atoms with E-state index in [1.54, 1.807) is 0 Å². The van der Waals surface area contributed by atoms with Crippen LogP contribution in [0.2, 0.25) is 0 Å². The summed E-state index contributed by atoms with van der Waals surface area (Å²) in [4.78, 5) is 0. The molecule has 21 heavy (non-hydrogen) atoms. The minimum atomic E-state index is -4.29. The highest BCUT2D eigenvalue weighted by Crippen LogP contribution is 2.25. The van der Waals surface area contributed by atoms with Gasteiger partial charge in [-0.15, -0.1) is 0 Å². The van der Waals surface area contributed by atoms with Gasteiger partial charge in [-0.05, 0) is 23.0 Å². The van der Waals surface area contributed by atoms with E-state index in [4.69, 9.17) is 5.84 Å². The minimum Gasteiger partial charge on any atom is -0.372 e. The van der Waals surface area contributed by atoms with Crippen molar-refractivity contribution in [2.75, 3.05) is 13.2 Å². The van der Waals surface area contributed by atoms with Gasteiger partial charge in [-0.1, -0.05) is 45.0 Å². The molecule has 3 nitrogen and oxygen atoms in total. The van der Waals surface area contributed by atoms with E-state index in [9.17, 15) is 13.2 Å². The van der Waals surface area contributed by atoms with E-state index in [0.717, 1.165) is 5.56 Å². The third kappa shape index (κ3) is 6.46. The Morgan fingerprint density at radius 1 is 1.14 bits per heavy atom. The van der Waals surface area contributed by atoms with Gasteiger partial charge in [-0.2, -0.15) is 13.2 Å². The summed E-state index contributed by atoms with van der Waals surface area (Å²) >= 11 is 0. The first kappa shape index (κ1) is 17.9. The van der Waals surface area contributed by atoms with E-state index in [0.29, 0.717) is 6.42 Å². The van der Waals surface area contributed by atoms with Crippen LogP contribution in [0.15, 0.2) is 24.3 Å². The Morgan fingerprint density at radius 2 is 1.71 bits per heavy atom. The second kappa shape index (κ2) is 7.24. The van der Waals surface area contributed by atoms with Crippen molar-refractivity contribution in [3.8, 4) is 0 Å². The van der Waals surface area contributed by atoms with Crippen molar-refractivity contribution in [2.45, 2.75) is 44.8 Å². The Hall–Kier alpha value is -1.11. The highest BCUT2D eigenvalue weighted by atomic mass is 19.4. The molecule has 1 rings (SSSR count). The molecule has 0 aromatic heterocycles. The first-order chi connectivity index (χ1) is 9.63. The molecule has 1 unspecified atom stereocenters. The number of ether oxygens (including phenoxy) is 1. The molecular weight excluding hydrogens is 281 g/mol. The number of hydrogen-bond donors (Lipinski definition) is 2. The van der Waals surface area contributed by atoms with Gasteiger partial charge >= 0.3 is 6.18 Å². The minimum absolute atomic E-state index is 0.00456. The fourth-order valence-corrected chi connectivity index (χ4v) is 1.95. The van der Waals surface area contributed by atoms with Crippen LogP contribution in [0.5, 0.6) is 0 Å². The lowest BCUT2D eigenvalue weighted by Gasteiger charge is -2.21. The number of halogens is 3. The quantitative estimate of drug-likeness (QED) is 0.481. The molecule has 120 valence electrons. The van der Waals surface area contributed by atoms with Crippen LogP contribution in [-0.4, -0.2) is 19.4 Å². The summed E-state index contributed by atoms with van der Waals surface area (Å²) in [6, 6.07) is 7.67. The van der Waals surface area contributed by atoms with Gasteiger partial charge in [0, 0.05) is 12.6 Å². The van der Waals surface area contributed by atoms with Crippen molar-refractivity contribution in [1.29, 1.82) is 0 Å². The van der Waals surface area contributed by atoms with Gasteiger partial charge in [0.2, 0.25) is 0 Å². The van der Waals surface area contributed by atoms with Crippen LogP contribution >= 0.6 is 0 Å². The average molecular weight is 304 g/mol. The Balaban J connectivity index is 2.56. The fraction of sp³-hybridized carbons (Fsp3) is 0.600. The molecule has 0 heterocycles. The van der Waals surface area contributed by atoms with E-state index in [2.05, 4.69) is 30.9 Å². The van der Waals surface area contributed by atoms with Crippen molar-refractivity contribution in [2.24, 2.45) is 5.84 Å². The van der Waals surface area contributed by atoms with Gasteiger partial charge in [-0.25, -0.2) is 0 Å². The predicted molar refractivity (Wildman–Crippen MR) is 76.7 cm³/mol. The van der Waals surface area contributed by atoms with Gasteiger partial charge in [0.05, 0.1) is 0 Å². The summed E-state index contributed by atoms with van der Waals surface area (Å²) in [6.45, 7) is 5.12. The first-order valence-electron chi connectivity index (χ1n) is 6.84. The molecule has 0 amide bonds. The number of nitrogens with two attached hydrogens (primary N) is 1. The van der Waals surface area contributed by atoms with Crippen LogP contribution in [0, 0.1) is 0 Å². The zero-order valence-corrected chi connectivity index (χ0v) is 12.6. The average Bonchev–Trinajstić information content (AvgIpc) is 2.37. The normalized spacial score (nSPS) is 14.2. The summed E-state index contributed by atoms with van der Waals surface area (Å²) < 4.78 is 40.5. The molecule has 0 aliphatic rings. The molecule has 1 atom stereocenters. The number of nitrogens with one attached hydrogen (secondary N) is 1. The molecule has 0 saturated heterocycles. The lowest BCUT2D eigenvalue weighted by molar-refractivity contribution is -0.174. The summed E-state index contributed by atoms with van der Waals surface area (Å²) in [5.41, 5.74) is 4.79. The maximum atomic E-state index is 12.0. The second-order valence-corrected chi connectivity index (χ2v) is 6.05. The van der Waals surface area contributed by atoms with E-state index < -0.39 is 12.8 Å². The number of hydrazine groups is 1. The molecule has 0 fully saturated rings. The van der Waals surface area contributed by atoms with Crippen molar-refractivity contribution in [3.63, 3.8) is 0 Å². The maximum Gasteiger partial charge on any atom is 0.411 e. The Kier molecular flexibility index (Phi) is 6.19. The third-order valence-corrected chi connectivity index (χ3v) is 3.20. The van der Waals surface area contributed by atoms with E-state index in [-0.39, 0.29) is 18.1 Å². The van der Waals surface area contributed by atoms with Crippen LogP contribution in [0.1, 0.15) is 44.4 Å². The summed E-state index contributed by atoms with van der Waals surface area (Å²) in [7, 11) is 0. The Bertz CT molecular complexity index is 424. The molecule has 0 aliphatic carbocycles. The topological polar surface area (TPSA) is 47.3 Å². The smallest absolute Gasteiger partial charge is 0.372 e. The van der Waals surface area contributed by atoms with Gasteiger partial charge in [-0.3, -0.25) is 11.3 Å². The summed E-state index contributed by atoms with van der Waals surface area (Å²) in [5, 5.41) is 0. The van der Waals surface area contributed by atoms with Gasteiger partial charge in [0.1, 0.15) is 6.61 Å². The van der Waals surface area contributed by atoms with Crippen molar-refractivity contribution in [3.05, 3.63) is 35.4 Å². The zero-order chi connectivity index (χ0) is 16.1. The highest BCUT2D eigenvalue weighted by Gasteiger charge is 2.27. The van der Waals surface area contributed by atoms with Crippen LogP contribution in [-0.2, 0) is 10.2 Å². The van der Waals surface area contributed by atoms with E-state index in [1.807, 2.05) is 24.3 Å². The number of alkyl halides is 3. The molecule has 0 saturated carbocycles. The lowest BCUT2D eigenvalue weighted by Crippen LogP contribution is -2.29. The molecule has 0 radical (unpaired) electrons. The maximum absolute atomic E-state index is 12.0. The summed E-state index contributed by atoms with van der Waals surface area (Å²) in [6.07, 6.45) is -3.92. The van der Waals surface area contributed by atoms with Crippen LogP contribution in [0.4, 0.5) is 13.2 Å². The SMILES string of the molecule is CC(C)(C)c1ccc(C(CCOCC(F)(F)F)NN)cc1. The van der Waals surface area contributed by atoms with Crippen LogP contribution < -0.4 is 11.3 Å². The van der Waals surface area contributed by atoms with Crippen molar-refractivity contribution < 1.29 is 17.9 Å². The van der Waals surface area contributed by atoms with Crippen molar-refractivity contribution in [1.82, 2.24) is 5.43 Å². The molecular formula is C15H23F3N2O. The van der Waals surface area contributed by atoms with Gasteiger partial charge in [0.15, 0.2) is 0 Å². The summed E-state index contributed by atoms with van der Waals surface area (Å²) in [5.74, 6) is 5.47. The lowest BCUT2D eigenvalue weighted by atomic mass is 9.86. The molecule has 1 aromatic rings. The molecule has 0 bridgehead atoms. The third-order valence-electron chi connectivity index (χ3n) is 3.20. The van der Waals surface area contributed by atoms with Crippen molar-refractivity contribution >= 4 is 0 Å². The number of hydrogen-bond acceptors (Lipinski definition) is 3. The zero-order valence-electron chi connectivity index (χ0n) is 12.6. The van der Waals surface area contributed by atoms with Gasteiger partial charge < -0.3 is 4.74 Å². The number of rotatable bonds is 6. The Labute approximate surface area is 123 Å². The second-order valence-electron chi connectivity index (χ2n) is 6.05. The molecule has 1 aromatic carbocycles.